The number of rotatable bonds is 7. The molecule has 1 aliphatic heterocycles. The van der Waals surface area contributed by atoms with Crippen molar-refractivity contribution in [2.75, 3.05) is 12.0 Å². The largest absolute Gasteiger partial charge is 0.497 e. The first-order valence-corrected chi connectivity index (χ1v) is 12.4. The van der Waals surface area contributed by atoms with Crippen LogP contribution in [0.2, 0.25) is 0 Å². The molecule has 0 radical (unpaired) electrons. The highest BCUT2D eigenvalue weighted by molar-refractivity contribution is 6.12. The van der Waals surface area contributed by atoms with Gasteiger partial charge in [-0.3, -0.25) is 19.2 Å². The van der Waals surface area contributed by atoms with Crippen molar-refractivity contribution < 1.29 is 14.3 Å². The van der Waals surface area contributed by atoms with Crippen LogP contribution in [0.3, 0.4) is 0 Å². The average molecular weight is 495 g/mol. The summed E-state index contributed by atoms with van der Waals surface area (Å²) in [7, 11) is 1.62. The van der Waals surface area contributed by atoms with E-state index in [0.29, 0.717) is 17.9 Å². The van der Waals surface area contributed by atoms with Gasteiger partial charge in [-0.05, 0) is 60.9 Å². The van der Waals surface area contributed by atoms with Crippen LogP contribution in [0.5, 0.6) is 5.75 Å². The number of carbonyl (C=O) groups excluding carboxylic acids is 2. The van der Waals surface area contributed by atoms with Crippen LogP contribution < -0.4 is 15.0 Å². The first-order chi connectivity index (χ1) is 17.9. The number of ether oxygens (including phenoxy) is 1. The SMILES string of the molecule is CCc1ccccc1N1C(=O)c2cc(-c3ccc(OC)cc3)nn2CC1(C)C(=O)NCc1ccccc1. The third-order valence-electron chi connectivity index (χ3n) is 6.94. The quantitative estimate of drug-likeness (QED) is 0.398. The van der Waals surface area contributed by atoms with Crippen molar-refractivity contribution in [2.45, 2.75) is 38.9 Å². The van der Waals surface area contributed by atoms with Crippen molar-refractivity contribution in [1.29, 1.82) is 0 Å². The standard InChI is InChI=1S/C30H30N4O3/c1-4-22-12-8-9-13-26(22)34-28(35)27-18-25(23-14-16-24(37-3)17-15-23)32-33(27)20-30(34,2)29(36)31-19-21-10-6-5-7-11-21/h5-18H,4,19-20H2,1-3H3,(H,31,36). The van der Waals surface area contributed by atoms with Gasteiger partial charge in [0, 0.05) is 17.8 Å². The number of fused-ring (bicyclic) bond motifs is 1. The van der Waals surface area contributed by atoms with E-state index in [-0.39, 0.29) is 18.4 Å². The van der Waals surface area contributed by atoms with Crippen LogP contribution in [-0.4, -0.2) is 34.2 Å². The third-order valence-corrected chi connectivity index (χ3v) is 6.94. The molecule has 188 valence electrons. The van der Waals surface area contributed by atoms with Gasteiger partial charge < -0.3 is 10.1 Å². The Morgan fingerprint density at radius 3 is 2.43 bits per heavy atom. The molecule has 7 heteroatoms. The van der Waals surface area contributed by atoms with E-state index in [1.165, 1.54) is 0 Å². The molecule has 0 spiro atoms. The number of carbonyl (C=O) groups is 2. The molecule has 0 bridgehead atoms. The maximum atomic E-state index is 14.1. The van der Waals surface area contributed by atoms with Crippen molar-refractivity contribution in [1.82, 2.24) is 15.1 Å². The lowest BCUT2D eigenvalue weighted by Gasteiger charge is -2.43. The molecule has 5 rings (SSSR count). The van der Waals surface area contributed by atoms with E-state index in [0.717, 1.165) is 34.5 Å². The highest BCUT2D eigenvalue weighted by Gasteiger charge is 2.49. The average Bonchev–Trinajstić information content (AvgIpc) is 3.36. The number of methoxy groups -OCH3 is 1. The van der Waals surface area contributed by atoms with Crippen molar-refractivity contribution in [2.24, 2.45) is 0 Å². The van der Waals surface area contributed by atoms with Gasteiger partial charge >= 0.3 is 0 Å². The molecule has 1 atom stereocenters. The number of para-hydroxylation sites is 1. The minimum atomic E-state index is -1.19. The van der Waals surface area contributed by atoms with Gasteiger partial charge in [-0.1, -0.05) is 55.5 Å². The number of amides is 2. The Morgan fingerprint density at radius 1 is 1.03 bits per heavy atom. The van der Waals surface area contributed by atoms with Gasteiger partial charge in [0.25, 0.3) is 5.91 Å². The summed E-state index contributed by atoms with van der Waals surface area (Å²) in [5.41, 5.74) is 3.53. The Balaban J connectivity index is 1.56. The Kier molecular flexibility index (Phi) is 6.53. The second kappa shape index (κ2) is 9.93. The third kappa shape index (κ3) is 4.48. The monoisotopic (exact) mass is 494 g/mol. The summed E-state index contributed by atoms with van der Waals surface area (Å²) >= 11 is 0. The fraction of sp³-hybridized carbons (Fsp3) is 0.233. The van der Waals surface area contributed by atoms with Crippen molar-refractivity contribution in [3.63, 3.8) is 0 Å². The topological polar surface area (TPSA) is 76.5 Å². The van der Waals surface area contributed by atoms with E-state index in [9.17, 15) is 9.59 Å². The van der Waals surface area contributed by atoms with Gasteiger partial charge in [0.2, 0.25) is 5.91 Å². The lowest BCUT2D eigenvalue weighted by Crippen LogP contribution is -2.64. The molecule has 0 saturated carbocycles. The van der Waals surface area contributed by atoms with Crippen LogP contribution >= 0.6 is 0 Å². The fourth-order valence-corrected chi connectivity index (χ4v) is 4.86. The van der Waals surface area contributed by atoms with Gasteiger partial charge in [-0.2, -0.15) is 5.10 Å². The van der Waals surface area contributed by atoms with Gasteiger partial charge in [0.05, 0.1) is 19.3 Å². The van der Waals surface area contributed by atoms with Crippen LogP contribution in [0.25, 0.3) is 11.3 Å². The highest BCUT2D eigenvalue weighted by atomic mass is 16.5. The number of anilines is 1. The Morgan fingerprint density at radius 2 is 1.73 bits per heavy atom. The molecule has 0 fully saturated rings. The van der Waals surface area contributed by atoms with E-state index in [1.807, 2.05) is 92.7 Å². The molecule has 1 unspecified atom stereocenters. The number of hydrogen-bond donors (Lipinski definition) is 1. The number of aryl methyl sites for hydroxylation is 1. The molecule has 0 aliphatic carbocycles. The lowest BCUT2D eigenvalue weighted by molar-refractivity contribution is -0.126. The van der Waals surface area contributed by atoms with E-state index in [1.54, 1.807) is 22.8 Å². The zero-order valence-electron chi connectivity index (χ0n) is 21.3. The highest BCUT2D eigenvalue weighted by Crippen LogP contribution is 2.36. The van der Waals surface area contributed by atoms with E-state index in [4.69, 9.17) is 9.84 Å². The van der Waals surface area contributed by atoms with Crippen molar-refractivity contribution in [3.05, 3.63) is 102 Å². The molecule has 2 amide bonds. The Hall–Kier alpha value is -4.39. The molecule has 1 aliphatic rings. The minimum Gasteiger partial charge on any atom is -0.497 e. The molecule has 7 nitrogen and oxygen atoms in total. The zero-order chi connectivity index (χ0) is 26.0. The van der Waals surface area contributed by atoms with Gasteiger partial charge in [0.15, 0.2) is 0 Å². The number of nitrogens with zero attached hydrogens (tertiary/aromatic N) is 3. The van der Waals surface area contributed by atoms with Crippen LogP contribution in [0, 0.1) is 0 Å². The first-order valence-electron chi connectivity index (χ1n) is 12.4. The molecule has 1 N–H and O–H groups in total. The summed E-state index contributed by atoms with van der Waals surface area (Å²) in [6.45, 7) is 4.46. The number of benzene rings is 3. The lowest BCUT2D eigenvalue weighted by atomic mass is 9.92. The summed E-state index contributed by atoms with van der Waals surface area (Å²) in [6, 6.07) is 26.9. The maximum absolute atomic E-state index is 14.1. The molecule has 0 saturated heterocycles. The van der Waals surface area contributed by atoms with Gasteiger partial charge in [0.1, 0.15) is 17.0 Å². The van der Waals surface area contributed by atoms with Crippen LogP contribution in [0.15, 0.2) is 84.9 Å². The summed E-state index contributed by atoms with van der Waals surface area (Å²) < 4.78 is 6.93. The van der Waals surface area contributed by atoms with E-state index >= 15 is 0 Å². The molecular weight excluding hydrogens is 464 g/mol. The number of nitrogens with one attached hydrogen (secondary N) is 1. The summed E-state index contributed by atoms with van der Waals surface area (Å²) in [6.07, 6.45) is 0.734. The van der Waals surface area contributed by atoms with Crippen LogP contribution in [0.4, 0.5) is 5.69 Å². The van der Waals surface area contributed by atoms with Crippen molar-refractivity contribution >= 4 is 17.5 Å². The van der Waals surface area contributed by atoms with Crippen molar-refractivity contribution in [3.8, 4) is 17.0 Å². The van der Waals surface area contributed by atoms with Gasteiger partial charge in [-0.25, -0.2) is 0 Å². The second-order valence-electron chi connectivity index (χ2n) is 9.37. The zero-order valence-corrected chi connectivity index (χ0v) is 21.3. The van der Waals surface area contributed by atoms with Gasteiger partial charge in [-0.15, -0.1) is 0 Å². The smallest absolute Gasteiger partial charge is 0.277 e. The van der Waals surface area contributed by atoms with Crippen LogP contribution in [0.1, 0.15) is 35.5 Å². The fourth-order valence-electron chi connectivity index (χ4n) is 4.86. The normalized spacial score (nSPS) is 16.8. The predicted octanol–water partition coefficient (Wildman–Crippen LogP) is 4.86. The number of hydrogen-bond acceptors (Lipinski definition) is 4. The summed E-state index contributed by atoms with van der Waals surface area (Å²) in [5, 5.41) is 7.80. The van der Waals surface area contributed by atoms with E-state index in [2.05, 4.69) is 5.32 Å². The molecule has 1 aromatic heterocycles. The molecular formula is C30H30N4O3. The number of aromatic nitrogens is 2. The molecule has 2 heterocycles. The second-order valence-corrected chi connectivity index (χ2v) is 9.37. The Bertz CT molecular complexity index is 1430. The predicted molar refractivity (Wildman–Crippen MR) is 144 cm³/mol. The first kappa shape index (κ1) is 24.3. The van der Waals surface area contributed by atoms with E-state index < -0.39 is 5.54 Å². The molecule has 37 heavy (non-hydrogen) atoms. The molecule has 3 aromatic carbocycles. The summed E-state index contributed by atoms with van der Waals surface area (Å²) in [4.78, 5) is 29.6. The summed E-state index contributed by atoms with van der Waals surface area (Å²) in [5.74, 6) is 0.258. The molecule has 4 aromatic rings. The Labute approximate surface area is 216 Å². The maximum Gasteiger partial charge on any atom is 0.277 e. The van der Waals surface area contributed by atoms with Crippen LogP contribution in [-0.2, 0) is 24.3 Å². The minimum absolute atomic E-state index is 0.225.